The van der Waals surface area contributed by atoms with Gasteiger partial charge in [-0.15, -0.1) is 0 Å². The zero-order chi connectivity index (χ0) is 15.3. The second-order valence-electron chi connectivity index (χ2n) is 3.86. The van der Waals surface area contributed by atoms with Crippen molar-refractivity contribution in [2.75, 3.05) is 20.5 Å². The predicted octanol–water partition coefficient (Wildman–Crippen LogP) is 1.26. The van der Waals surface area contributed by atoms with E-state index in [0.29, 0.717) is 5.75 Å². The zero-order valence-corrected chi connectivity index (χ0v) is 13.3. The molecule has 0 aromatic heterocycles. The fourth-order valence-corrected chi connectivity index (χ4v) is 2.96. The maximum atomic E-state index is 12.2. The van der Waals surface area contributed by atoms with Gasteiger partial charge in [0, 0.05) is 6.07 Å². The molecule has 112 valence electrons. The smallest absolute Gasteiger partial charge is 0.267 e. The van der Waals surface area contributed by atoms with Gasteiger partial charge in [0.05, 0.1) is 19.5 Å². The first-order chi connectivity index (χ1) is 9.35. The maximum Gasteiger partial charge on any atom is 0.267 e. The van der Waals surface area contributed by atoms with Gasteiger partial charge in [-0.1, -0.05) is 0 Å². The van der Waals surface area contributed by atoms with Gasteiger partial charge >= 0.3 is 0 Å². The van der Waals surface area contributed by atoms with Crippen LogP contribution in [0.3, 0.4) is 0 Å². The van der Waals surface area contributed by atoms with Crippen molar-refractivity contribution < 1.29 is 22.7 Å². The van der Waals surface area contributed by atoms with Crippen molar-refractivity contribution in [1.29, 1.82) is 0 Å². The quantitative estimate of drug-likeness (QED) is 0.850. The molecule has 0 spiro atoms. The molecule has 0 fully saturated rings. The van der Waals surface area contributed by atoms with Crippen LogP contribution >= 0.6 is 11.8 Å². The first-order valence-corrected chi connectivity index (χ1v) is 8.44. The first-order valence-electron chi connectivity index (χ1n) is 5.67. The van der Waals surface area contributed by atoms with Crippen LogP contribution in [0.1, 0.15) is 6.92 Å². The van der Waals surface area contributed by atoms with Crippen LogP contribution in [0.4, 0.5) is 0 Å². The molecule has 0 aliphatic carbocycles. The second-order valence-corrected chi connectivity index (χ2v) is 6.69. The second kappa shape index (κ2) is 6.85. The molecule has 1 rings (SSSR count). The molecule has 0 saturated carbocycles. The SMILES string of the molecule is COc1ccc(OC)c(S(=O)(=O)NC(=O)[C@@H](C)SC)c1. The molecular formula is C12H17NO5S2. The van der Waals surface area contributed by atoms with Crippen molar-refractivity contribution in [3.05, 3.63) is 18.2 Å². The minimum atomic E-state index is -4.01. The van der Waals surface area contributed by atoms with Crippen molar-refractivity contribution >= 4 is 27.7 Å². The lowest BCUT2D eigenvalue weighted by Crippen LogP contribution is -2.36. The summed E-state index contributed by atoms with van der Waals surface area (Å²) in [6.45, 7) is 1.62. The topological polar surface area (TPSA) is 81.7 Å². The van der Waals surface area contributed by atoms with E-state index in [-0.39, 0.29) is 10.6 Å². The van der Waals surface area contributed by atoms with Crippen molar-refractivity contribution in [2.24, 2.45) is 0 Å². The number of hydrogen-bond acceptors (Lipinski definition) is 6. The molecule has 1 aromatic rings. The van der Waals surface area contributed by atoms with Gasteiger partial charge in [-0.05, 0) is 25.3 Å². The number of benzene rings is 1. The Bertz CT molecular complexity index is 586. The van der Waals surface area contributed by atoms with Crippen LogP contribution in [0.15, 0.2) is 23.1 Å². The number of methoxy groups -OCH3 is 2. The fourth-order valence-electron chi connectivity index (χ4n) is 1.37. The fraction of sp³-hybridized carbons (Fsp3) is 0.417. The number of rotatable bonds is 6. The van der Waals surface area contributed by atoms with Gasteiger partial charge in [0.1, 0.15) is 16.4 Å². The van der Waals surface area contributed by atoms with Crippen LogP contribution < -0.4 is 14.2 Å². The highest BCUT2D eigenvalue weighted by molar-refractivity contribution is 8.00. The Morgan fingerprint density at radius 1 is 1.30 bits per heavy atom. The molecule has 0 unspecified atom stereocenters. The summed E-state index contributed by atoms with van der Waals surface area (Å²) in [5.74, 6) is -0.0817. The lowest BCUT2D eigenvalue weighted by atomic mass is 10.3. The monoisotopic (exact) mass is 319 g/mol. The lowest BCUT2D eigenvalue weighted by Gasteiger charge is -2.13. The lowest BCUT2D eigenvalue weighted by molar-refractivity contribution is -0.118. The summed E-state index contributed by atoms with van der Waals surface area (Å²) < 4.78 is 36.5. The van der Waals surface area contributed by atoms with Crippen LogP contribution in [0.25, 0.3) is 0 Å². The summed E-state index contributed by atoms with van der Waals surface area (Å²) in [6.07, 6.45) is 1.73. The van der Waals surface area contributed by atoms with Crippen LogP contribution in [0, 0.1) is 0 Å². The third kappa shape index (κ3) is 3.80. The number of sulfonamides is 1. The summed E-state index contributed by atoms with van der Waals surface area (Å²) in [6, 6.07) is 4.35. The van der Waals surface area contributed by atoms with Crippen LogP contribution in [-0.4, -0.2) is 40.1 Å². The third-order valence-corrected chi connectivity index (χ3v) is 4.91. The van der Waals surface area contributed by atoms with Gasteiger partial charge in [0.25, 0.3) is 10.0 Å². The van der Waals surface area contributed by atoms with Gasteiger partial charge in [0.2, 0.25) is 5.91 Å². The molecule has 0 aliphatic rings. The molecule has 8 heteroatoms. The van der Waals surface area contributed by atoms with Crippen molar-refractivity contribution in [2.45, 2.75) is 17.1 Å². The van der Waals surface area contributed by atoms with Gasteiger partial charge in [-0.2, -0.15) is 11.8 Å². The van der Waals surface area contributed by atoms with E-state index in [4.69, 9.17) is 9.47 Å². The zero-order valence-electron chi connectivity index (χ0n) is 11.7. The average molecular weight is 319 g/mol. The predicted molar refractivity (Wildman–Crippen MR) is 77.9 cm³/mol. The highest BCUT2D eigenvalue weighted by Gasteiger charge is 2.25. The van der Waals surface area contributed by atoms with Gasteiger partial charge in [-0.3, -0.25) is 4.79 Å². The third-order valence-electron chi connectivity index (χ3n) is 2.62. The Labute approximate surface area is 122 Å². The van der Waals surface area contributed by atoms with E-state index in [0.717, 1.165) is 0 Å². The van der Waals surface area contributed by atoms with E-state index in [2.05, 4.69) is 0 Å². The van der Waals surface area contributed by atoms with Crippen molar-refractivity contribution in [1.82, 2.24) is 4.72 Å². The highest BCUT2D eigenvalue weighted by Crippen LogP contribution is 2.28. The Morgan fingerprint density at radius 3 is 2.45 bits per heavy atom. The van der Waals surface area contributed by atoms with E-state index < -0.39 is 21.2 Å². The molecule has 20 heavy (non-hydrogen) atoms. The molecule has 1 aromatic carbocycles. The molecular weight excluding hydrogens is 302 g/mol. The van der Waals surface area contributed by atoms with Gasteiger partial charge in [0.15, 0.2) is 0 Å². The normalized spacial score (nSPS) is 12.6. The maximum absolute atomic E-state index is 12.2. The molecule has 1 N–H and O–H groups in total. The Hall–Kier alpha value is -1.41. The first kappa shape index (κ1) is 16.6. The summed E-state index contributed by atoms with van der Waals surface area (Å²) >= 11 is 1.25. The summed E-state index contributed by atoms with van der Waals surface area (Å²) in [5.41, 5.74) is 0. The summed E-state index contributed by atoms with van der Waals surface area (Å²) in [4.78, 5) is 11.6. The Balaban J connectivity index is 3.17. The number of carbonyl (C=O) groups excluding carboxylic acids is 1. The molecule has 0 aliphatic heterocycles. The van der Waals surface area contributed by atoms with E-state index >= 15 is 0 Å². The van der Waals surface area contributed by atoms with E-state index in [1.165, 1.54) is 38.1 Å². The molecule has 0 radical (unpaired) electrons. The van der Waals surface area contributed by atoms with E-state index in [1.54, 1.807) is 19.2 Å². The minimum absolute atomic E-state index is 0.138. The van der Waals surface area contributed by atoms with Crippen molar-refractivity contribution in [3.63, 3.8) is 0 Å². The van der Waals surface area contributed by atoms with Gasteiger partial charge < -0.3 is 9.47 Å². The number of hydrogen-bond donors (Lipinski definition) is 1. The number of nitrogens with one attached hydrogen (secondary N) is 1. The number of carbonyl (C=O) groups is 1. The standard InChI is InChI=1S/C12H17NO5S2/c1-8(19-4)12(14)13-20(15,16)11-7-9(17-2)5-6-10(11)18-3/h5-8H,1-4H3,(H,13,14)/t8-/m1/s1. The highest BCUT2D eigenvalue weighted by atomic mass is 32.2. The van der Waals surface area contributed by atoms with Gasteiger partial charge in [-0.25, -0.2) is 13.1 Å². The number of ether oxygens (including phenoxy) is 2. The molecule has 1 atom stereocenters. The molecule has 6 nitrogen and oxygen atoms in total. The summed E-state index contributed by atoms with van der Waals surface area (Å²) in [7, 11) is -1.23. The van der Waals surface area contributed by atoms with Crippen LogP contribution in [0.5, 0.6) is 11.5 Å². The minimum Gasteiger partial charge on any atom is -0.497 e. The largest absolute Gasteiger partial charge is 0.497 e. The summed E-state index contributed by atoms with van der Waals surface area (Å²) in [5, 5.41) is -0.471. The molecule has 1 amide bonds. The Morgan fingerprint density at radius 2 is 1.95 bits per heavy atom. The van der Waals surface area contributed by atoms with Crippen LogP contribution in [0.2, 0.25) is 0 Å². The van der Waals surface area contributed by atoms with E-state index in [9.17, 15) is 13.2 Å². The van der Waals surface area contributed by atoms with E-state index in [1.807, 2.05) is 4.72 Å². The molecule has 0 heterocycles. The number of amides is 1. The van der Waals surface area contributed by atoms with Crippen molar-refractivity contribution in [3.8, 4) is 11.5 Å². The number of thioether (sulfide) groups is 1. The molecule has 0 bridgehead atoms. The molecule has 0 saturated heterocycles. The Kier molecular flexibility index (Phi) is 5.70. The van der Waals surface area contributed by atoms with Crippen LogP contribution in [-0.2, 0) is 14.8 Å². The average Bonchev–Trinajstić information content (AvgIpc) is 2.44.